The van der Waals surface area contributed by atoms with E-state index in [0.29, 0.717) is 18.5 Å². The normalized spacial score (nSPS) is 20.3. The highest BCUT2D eigenvalue weighted by atomic mass is 32.2. The highest BCUT2D eigenvalue weighted by Crippen LogP contribution is 2.35. The highest BCUT2D eigenvalue weighted by molar-refractivity contribution is 7.99. The molecule has 0 radical (unpaired) electrons. The second-order valence-electron chi connectivity index (χ2n) is 5.28. The van der Waals surface area contributed by atoms with E-state index in [1.807, 2.05) is 11.8 Å². The SMILES string of the molecule is CCC(CC)C(O)CNC1CCSc2ccccc21. The van der Waals surface area contributed by atoms with E-state index in [2.05, 4.69) is 43.4 Å². The van der Waals surface area contributed by atoms with E-state index in [1.54, 1.807) is 0 Å². The summed E-state index contributed by atoms with van der Waals surface area (Å²) in [6.07, 6.45) is 3.03. The first-order valence-electron chi connectivity index (χ1n) is 7.39. The van der Waals surface area contributed by atoms with Crippen molar-refractivity contribution < 1.29 is 5.11 Å². The van der Waals surface area contributed by atoms with Gasteiger partial charge in [0.15, 0.2) is 0 Å². The van der Waals surface area contributed by atoms with Crippen LogP contribution in [-0.2, 0) is 0 Å². The maximum absolute atomic E-state index is 10.2. The summed E-state index contributed by atoms with van der Waals surface area (Å²) in [4.78, 5) is 1.39. The molecule has 0 spiro atoms. The quantitative estimate of drug-likeness (QED) is 0.834. The fourth-order valence-electron chi connectivity index (χ4n) is 2.82. The molecule has 19 heavy (non-hydrogen) atoms. The van der Waals surface area contributed by atoms with Crippen LogP contribution in [0.25, 0.3) is 0 Å². The molecule has 0 saturated heterocycles. The Hall–Kier alpha value is -0.510. The molecule has 0 amide bonds. The molecule has 1 aromatic carbocycles. The molecule has 0 aromatic heterocycles. The van der Waals surface area contributed by atoms with Crippen LogP contribution in [0.4, 0.5) is 0 Å². The smallest absolute Gasteiger partial charge is 0.0692 e. The van der Waals surface area contributed by atoms with Gasteiger partial charge in [-0.15, -0.1) is 11.8 Å². The van der Waals surface area contributed by atoms with Crippen LogP contribution in [0, 0.1) is 5.92 Å². The lowest BCUT2D eigenvalue weighted by Crippen LogP contribution is -2.35. The number of fused-ring (bicyclic) bond motifs is 1. The van der Waals surface area contributed by atoms with Gasteiger partial charge in [-0.2, -0.15) is 0 Å². The zero-order valence-corrected chi connectivity index (χ0v) is 12.7. The number of rotatable bonds is 6. The lowest BCUT2D eigenvalue weighted by Gasteiger charge is -2.28. The molecule has 2 unspecified atom stereocenters. The van der Waals surface area contributed by atoms with Crippen LogP contribution in [-0.4, -0.2) is 23.5 Å². The topological polar surface area (TPSA) is 32.3 Å². The number of thioether (sulfide) groups is 1. The van der Waals surface area contributed by atoms with Crippen LogP contribution in [0.5, 0.6) is 0 Å². The largest absolute Gasteiger partial charge is 0.392 e. The second-order valence-corrected chi connectivity index (χ2v) is 6.42. The molecule has 2 nitrogen and oxygen atoms in total. The van der Waals surface area contributed by atoms with E-state index in [1.165, 1.54) is 10.5 Å². The number of benzene rings is 1. The van der Waals surface area contributed by atoms with Crippen molar-refractivity contribution in [1.29, 1.82) is 0 Å². The second kappa shape index (κ2) is 7.32. The number of hydrogen-bond donors (Lipinski definition) is 2. The van der Waals surface area contributed by atoms with E-state index in [-0.39, 0.29) is 6.10 Å². The van der Waals surface area contributed by atoms with Crippen molar-refractivity contribution >= 4 is 11.8 Å². The molecule has 2 N–H and O–H groups in total. The third kappa shape index (κ3) is 3.74. The number of hydrogen-bond acceptors (Lipinski definition) is 3. The molecule has 2 atom stereocenters. The van der Waals surface area contributed by atoms with E-state index >= 15 is 0 Å². The molecule has 1 heterocycles. The summed E-state index contributed by atoms with van der Waals surface area (Å²) in [7, 11) is 0. The third-order valence-electron chi connectivity index (χ3n) is 4.12. The molecule has 1 aromatic rings. The van der Waals surface area contributed by atoms with Crippen molar-refractivity contribution in [3.05, 3.63) is 29.8 Å². The Morgan fingerprint density at radius 2 is 2.05 bits per heavy atom. The Morgan fingerprint density at radius 1 is 1.32 bits per heavy atom. The summed E-state index contributed by atoms with van der Waals surface area (Å²) in [5.74, 6) is 1.58. The summed E-state index contributed by atoms with van der Waals surface area (Å²) < 4.78 is 0. The number of aliphatic hydroxyl groups is 1. The van der Waals surface area contributed by atoms with Gasteiger partial charge in [0, 0.05) is 17.5 Å². The van der Waals surface area contributed by atoms with Crippen LogP contribution in [0.2, 0.25) is 0 Å². The summed E-state index contributed by atoms with van der Waals surface area (Å²) in [5, 5.41) is 13.8. The molecular weight excluding hydrogens is 254 g/mol. The van der Waals surface area contributed by atoms with Gasteiger partial charge >= 0.3 is 0 Å². The zero-order valence-electron chi connectivity index (χ0n) is 11.9. The van der Waals surface area contributed by atoms with Gasteiger partial charge in [-0.1, -0.05) is 44.9 Å². The Labute approximate surface area is 121 Å². The maximum Gasteiger partial charge on any atom is 0.0692 e. The number of aliphatic hydroxyl groups excluding tert-OH is 1. The van der Waals surface area contributed by atoms with Gasteiger partial charge in [0.25, 0.3) is 0 Å². The maximum atomic E-state index is 10.2. The minimum atomic E-state index is -0.225. The molecule has 0 fully saturated rings. The Balaban J connectivity index is 1.94. The fraction of sp³-hybridized carbons (Fsp3) is 0.625. The standard InChI is InChI=1S/C16H25NOS/c1-3-12(4-2)15(18)11-17-14-9-10-19-16-8-6-5-7-13(14)16/h5-8,12,14-15,17-18H,3-4,9-11H2,1-2H3. The minimum Gasteiger partial charge on any atom is -0.392 e. The van der Waals surface area contributed by atoms with E-state index in [4.69, 9.17) is 0 Å². The van der Waals surface area contributed by atoms with Gasteiger partial charge in [0.2, 0.25) is 0 Å². The van der Waals surface area contributed by atoms with Crippen molar-refractivity contribution in [3.63, 3.8) is 0 Å². The van der Waals surface area contributed by atoms with E-state index in [0.717, 1.165) is 25.0 Å². The first-order chi connectivity index (χ1) is 9.26. The zero-order chi connectivity index (χ0) is 13.7. The predicted molar refractivity (Wildman–Crippen MR) is 82.6 cm³/mol. The van der Waals surface area contributed by atoms with Gasteiger partial charge in [0.05, 0.1) is 6.10 Å². The van der Waals surface area contributed by atoms with Crippen LogP contribution in [0.1, 0.15) is 44.7 Å². The Morgan fingerprint density at radius 3 is 2.79 bits per heavy atom. The Bertz CT molecular complexity index is 392. The molecule has 106 valence electrons. The lowest BCUT2D eigenvalue weighted by atomic mass is 9.96. The average molecular weight is 279 g/mol. The van der Waals surface area contributed by atoms with Gasteiger partial charge in [-0.3, -0.25) is 0 Å². The van der Waals surface area contributed by atoms with Crippen LogP contribution in [0.3, 0.4) is 0 Å². The van der Waals surface area contributed by atoms with Crippen LogP contribution >= 0.6 is 11.8 Å². The minimum absolute atomic E-state index is 0.225. The predicted octanol–water partition coefficient (Wildman–Crippen LogP) is 3.61. The molecule has 0 saturated carbocycles. The molecule has 2 rings (SSSR count). The molecular formula is C16H25NOS. The Kier molecular flexibility index (Phi) is 5.74. The van der Waals surface area contributed by atoms with Gasteiger partial charge in [-0.25, -0.2) is 0 Å². The molecule has 1 aliphatic rings. The summed E-state index contributed by atoms with van der Waals surface area (Å²) in [6, 6.07) is 9.03. The summed E-state index contributed by atoms with van der Waals surface area (Å²) in [6.45, 7) is 5.02. The highest BCUT2D eigenvalue weighted by Gasteiger charge is 2.22. The first-order valence-corrected chi connectivity index (χ1v) is 8.38. The summed E-state index contributed by atoms with van der Waals surface area (Å²) >= 11 is 1.94. The van der Waals surface area contributed by atoms with Crippen molar-refractivity contribution in [3.8, 4) is 0 Å². The van der Waals surface area contributed by atoms with E-state index in [9.17, 15) is 5.11 Å². The third-order valence-corrected chi connectivity index (χ3v) is 5.25. The average Bonchev–Trinajstić information content (AvgIpc) is 2.46. The molecule has 3 heteroatoms. The molecule has 0 bridgehead atoms. The van der Waals surface area contributed by atoms with Crippen molar-refractivity contribution in [2.75, 3.05) is 12.3 Å². The van der Waals surface area contributed by atoms with Gasteiger partial charge < -0.3 is 10.4 Å². The van der Waals surface area contributed by atoms with Crippen LogP contribution < -0.4 is 5.32 Å². The van der Waals surface area contributed by atoms with E-state index < -0.39 is 0 Å². The number of nitrogens with one attached hydrogen (secondary N) is 1. The molecule has 0 aliphatic carbocycles. The molecule has 1 aliphatic heterocycles. The van der Waals surface area contributed by atoms with Gasteiger partial charge in [-0.05, 0) is 29.7 Å². The van der Waals surface area contributed by atoms with Crippen LogP contribution in [0.15, 0.2) is 29.2 Å². The summed E-state index contributed by atoms with van der Waals surface area (Å²) in [5.41, 5.74) is 1.40. The van der Waals surface area contributed by atoms with Crippen molar-refractivity contribution in [2.45, 2.75) is 50.2 Å². The van der Waals surface area contributed by atoms with Gasteiger partial charge in [0.1, 0.15) is 0 Å². The fourth-order valence-corrected chi connectivity index (χ4v) is 3.94. The monoisotopic (exact) mass is 279 g/mol. The van der Waals surface area contributed by atoms with Crippen molar-refractivity contribution in [1.82, 2.24) is 5.32 Å². The van der Waals surface area contributed by atoms with Crippen molar-refractivity contribution in [2.24, 2.45) is 5.92 Å². The first kappa shape index (κ1) is 14.9. The lowest BCUT2D eigenvalue weighted by molar-refractivity contribution is 0.0979.